The van der Waals surface area contributed by atoms with E-state index in [1.165, 1.54) is 26.1 Å². The molecule has 6 heteroatoms. The normalized spacial score (nSPS) is 19.5. The van der Waals surface area contributed by atoms with Crippen LogP contribution in [-0.2, 0) is 0 Å². The third kappa shape index (κ3) is 3.15. The molecule has 1 aliphatic rings. The van der Waals surface area contributed by atoms with E-state index in [1.807, 2.05) is 0 Å². The zero-order valence-electron chi connectivity index (χ0n) is 15.1. The third-order valence-corrected chi connectivity index (χ3v) is 8.47. The molecule has 2 aromatic heterocycles. The van der Waals surface area contributed by atoms with Gasteiger partial charge in [-0.25, -0.2) is 0 Å². The van der Waals surface area contributed by atoms with Crippen molar-refractivity contribution in [2.75, 3.05) is 6.54 Å². The highest BCUT2D eigenvalue weighted by molar-refractivity contribution is 9.11. The van der Waals surface area contributed by atoms with Crippen LogP contribution in [0, 0.1) is 0 Å². The average molecular weight is 535 g/mol. The lowest BCUT2D eigenvalue weighted by atomic mass is 9.93. The van der Waals surface area contributed by atoms with Gasteiger partial charge in [-0.15, -0.1) is 22.7 Å². The Morgan fingerprint density at radius 1 is 0.893 bits per heavy atom. The van der Waals surface area contributed by atoms with E-state index in [4.69, 9.17) is 4.74 Å². The van der Waals surface area contributed by atoms with Crippen molar-refractivity contribution in [1.82, 2.24) is 4.90 Å². The van der Waals surface area contributed by atoms with Gasteiger partial charge in [0.15, 0.2) is 6.23 Å². The summed E-state index contributed by atoms with van der Waals surface area (Å²) in [6.45, 7) is 3.10. The molecule has 0 bridgehead atoms. The van der Waals surface area contributed by atoms with Crippen LogP contribution in [0.5, 0.6) is 5.75 Å². The Morgan fingerprint density at radius 2 is 1.61 bits per heavy atom. The van der Waals surface area contributed by atoms with Crippen LogP contribution in [0.4, 0.5) is 0 Å². The lowest BCUT2D eigenvalue weighted by molar-refractivity contribution is -0.0115. The third-order valence-electron chi connectivity index (χ3n) is 5.14. The molecular formula is C22H17Br2NOS2. The van der Waals surface area contributed by atoms with E-state index < -0.39 is 0 Å². The summed E-state index contributed by atoms with van der Waals surface area (Å²) in [6.07, 6.45) is -0.0964. The maximum absolute atomic E-state index is 6.61. The van der Waals surface area contributed by atoms with Crippen LogP contribution < -0.4 is 4.74 Å². The molecule has 5 rings (SSSR count). The lowest BCUT2D eigenvalue weighted by Crippen LogP contribution is -2.39. The van der Waals surface area contributed by atoms with Crippen molar-refractivity contribution in [2.24, 2.45) is 0 Å². The van der Waals surface area contributed by atoms with E-state index in [9.17, 15) is 0 Å². The number of nitrogens with zero attached hydrogens (tertiary/aromatic N) is 1. The van der Waals surface area contributed by atoms with Gasteiger partial charge >= 0.3 is 0 Å². The summed E-state index contributed by atoms with van der Waals surface area (Å²) < 4.78 is 8.89. The van der Waals surface area contributed by atoms with Gasteiger partial charge in [-0.1, -0.05) is 37.3 Å². The highest BCUT2D eigenvalue weighted by Gasteiger charge is 2.39. The van der Waals surface area contributed by atoms with E-state index in [-0.39, 0.29) is 12.3 Å². The Hall–Kier alpha value is -1.18. The van der Waals surface area contributed by atoms with Crippen LogP contribution in [0.3, 0.4) is 0 Å². The first-order chi connectivity index (χ1) is 13.7. The van der Waals surface area contributed by atoms with Crippen LogP contribution >= 0.6 is 54.5 Å². The summed E-state index contributed by atoms with van der Waals surface area (Å²) in [5.74, 6) is 0.979. The first-order valence-corrected chi connectivity index (χ1v) is 12.3. The first kappa shape index (κ1) is 18.8. The summed E-state index contributed by atoms with van der Waals surface area (Å²) in [5.41, 5.74) is 1.26. The number of hydrogen-bond donors (Lipinski definition) is 0. The van der Waals surface area contributed by atoms with Crippen LogP contribution in [0.1, 0.15) is 34.5 Å². The molecule has 2 nitrogen and oxygen atoms in total. The van der Waals surface area contributed by atoms with Gasteiger partial charge in [0.2, 0.25) is 0 Å². The van der Waals surface area contributed by atoms with Crippen LogP contribution in [0.25, 0.3) is 10.8 Å². The number of thiophene rings is 2. The molecular weight excluding hydrogens is 518 g/mol. The Labute approximate surface area is 189 Å². The molecule has 0 N–H and O–H groups in total. The number of halogens is 2. The van der Waals surface area contributed by atoms with Crippen LogP contribution in [0.2, 0.25) is 0 Å². The maximum atomic E-state index is 6.61. The van der Waals surface area contributed by atoms with E-state index in [0.717, 1.165) is 19.9 Å². The molecule has 0 aliphatic carbocycles. The van der Waals surface area contributed by atoms with Crippen molar-refractivity contribution in [3.8, 4) is 5.75 Å². The molecule has 2 atom stereocenters. The number of benzene rings is 2. The largest absolute Gasteiger partial charge is 0.470 e. The molecule has 0 spiro atoms. The summed E-state index contributed by atoms with van der Waals surface area (Å²) >= 11 is 10.8. The number of hydrogen-bond acceptors (Lipinski definition) is 4. The van der Waals surface area contributed by atoms with E-state index in [2.05, 4.69) is 104 Å². The Kier molecular flexibility index (Phi) is 5.09. The topological polar surface area (TPSA) is 12.5 Å². The molecule has 0 saturated carbocycles. The molecule has 142 valence electrons. The standard InChI is InChI=1S/C22H17Br2NOS2/c1-2-25-21(16-9-11-18(23)27-16)20-14-6-4-3-5-13(14)7-8-15(20)26-22(25)17-10-12-19(24)28-17/h3-12,21-22H,2H2,1H3. The summed E-state index contributed by atoms with van der Waals surface area (Å²) in [4.78, 5) is 5.01. The van der Waals surface area contributed by atoms with E-state index in [0.29, 0.717) is 0 Å². The van der Waals surface area contributed by atoms with Gasteiger partial charge in [0.25, 0.3) is 0 Å². The molecule has 2 unspecified atom stereocenters. The fourth-order valence-corrected chi connectivity index (χ4v) is 6.99. The summed E-state index contributed by atoms with van der Waals surface area (Å²) in [7, 11) is 0. The predicted molar refractivity (Wildman–Crippen MR) is 126 cm³/mol. The van der Waals surface area contributed by atoms with Crippen molar-refractivity contribution >= 4 is 65.3 Å². The molecule has 28 heavy (non-hydrogen) atoms. The minimum absolute atomic E-state index is 0.0964. The fourth-order valence-electron chi connectivity index (χ4n) is 3.96. The SMILES string of the molecule is CCN1C(c2ccc(Br)s2)Oc2ccc3ccccc3c2C1c1ccc(Br)s1. The van der Waals surface area contributed by atoms with Crippen molar-refractivity contribution < 1.29 is 4.74 Å². The molecule has 2 aromatic carbocycles. The van der Waals surface area contributed by atoms with Crippen LogP contribution in [-0.4, -0.2) is 11.4 Å². The monoisotopic (exact) mass is 533 g/mol. The second-order valence-electron chi connectivity index (χ2n) is 6.69. The zero-order chi connectivity index (χ0) is 19.3. The first-order valence-electron chi connectivity index (χ1n) is 9.10. The van der Waals surface area contributed by atoms with Gasteiger partial charge in [-0.3, -0.25) is 4.90 Å². The van der Waals surface area contributed by atoms with Gasteiger partial charge < -0.3 is 4.74 Å². The Balaban J connectivity index is 1.76. The van der Waals surface area contributed by atoms with Gasteiger partial charge in [0.05, 0.1) is 18.5 Å². The van der Waals surface area contributed by atoms with E-state index in [1.54, 1.807) is 22.7 Å². The fraction of sp³-hybridized carbons (Fsp3) is 0.182. The van der Waals surface area contributed by atoms with Crippen molar-refractivity contribution in [3.63, 3.8) is 0 Å². The van der Waals surface area contributed by atoms with Crippen molar-refractivity contribution in [2.45, 2.75) is 19.2 Å². The molecule has 1 aliphatic heterocycles. The maximum Gasteiger partial charge on any atom is 0.189 e. The molecule has 0 radical (unpaired) electrons. The second-order valence-corrected chi connectivity index (χ2v) is 11.7. The van der Waals surface area contributed by atoms with Gasteiger partial charge in [0.1, 0.15) is 5.75 Å². The van der Waals surface area contributed by atoms with Gasteiger partial charge in [-0.2, -0.15) is 0 Å². The second kappa shape index (κ2) is 7.58. The number of ether oxygens (including phenoxy) is 1. The minimum Gasteiger partial charge on any atom is -0.470 e. The molecule has 0 fully saturated rings. The quantitative estimate of drug-likeness (QED) is 0.264. The smallest absolute Gasteiger partial charge is 0.189 e. The van der Waals surface area contributed by atoms with Crippen molar-refractivity contribution in [3.05, 3.63) is 83.6 Å². The van der Waals surface area contributed by atoms with Crippen LogP contribution in [0.15, 0.2) is 68.2 Å². The lowest BCUT2D eigenvalue weighted by Gasteiger charge is -2.42. The molecule has 3 heterocycles. The molecule has 0 amide bonds. The summed E-state index contributed by atoms with van der Waals surface area (Å²) in [6, 6.07) is 21.7. The Morgan fingerprint density at radius 3 is 2.29 bits per heavy atom. The number of rotatable bonds is 3. The zero-order valence-corrected chi connectivity index (χ0v) is 19.9. The molecule has 0 saturated heterocycles. The van der Waals surface area contributed by atoms with Gasteiger partial charge in [-0.05, 0) is 73.0 Å². The average Bonchev–Trinajstić information content (AvgIpc) is 3.34. The molecule has 4 aromatic rings. The van der Waals surface area contributed by atoms with Crippen molar-refractivity contribution in [1.29, 1.82) is 0 Å². The Bertz CT molecular complexity index is 1150. The number of fused-ring (bicyclic) bond motifs is 3. The van der Waals surface area contributed by atoms with E-state index >= 15 is 0 Å². The highest BCUT2D eigenvalue weighted by Crippen LogP contribution is 2.50. The van der Waals surface area contributed by atoms with Gasteiger partial charge in [0, 0.05) is 17.0 Å². The summed E-state index contributed by atoms with van der Waals surface area (Å²) in [5, 5.41) is 2.51. The minimum atomic E-state index is -0.0964. The highest BCUT2D eigenvalue weighted by atomic mass is 79.9. The predicted octanol–water partition coefficient (Wildman–Crippen LogP) is 7.99.